The fourth-order valence-corrected chi connectivity index (χ4v) is 1.69. The summed E-state index contributed by atoms with van der Waals surface area (Å²) in [6.07, 6.45) is 0.695. The average molecular weight is 206 g/mol. The third kappa shape index (κ3) is 1.49. The normalized spacial score (nSPS) is 14.1. The predicted octanol–water partition coefficient (Wildman–Crippen LogP) is 0.746. The van der Waals surface area contributed by atoms with Crippen molar-refractivity contribution in [2.24, 2.45) is 0 Å². The van der Waals surface area contributed by atoms with E-state index >= 15 is 0 Å². The summed E-state index contributed by atoms with van der Waals surface area (Å²) in [6.45, 7) is 0.991. The van der Waals surface area contributed by atoms with Gasteiger partial charge in [0.25, 0.3) is 0 Å². The van der Waals surface area contributed by atoms with Crippen LogP contribution in [0.15, 0.2) is 0 Å². The van der Waals surface area contributed by atoms with E-state index in [1.165, 1.54) is 7.11 Å². The Bertz CT molecular complexity index is 442. The van der Waals surface area contributed by atoms with Crippen molar-refractivity contribution in [1.82, 2.24) is 4.98 Å². The first-order valence-corrected chi connectivity index (χ1v) is 4.57. The number of nitrogens with zero attached hydrogens (tertiary/aromatic N) is 1. The summed E-state index contributed by atoms with van der Waals surface area (Å²) in [5, 5.41) is 8.97. The first-order valence-electron chi connectivity index (χ1n) is 4.57. The summed E-state index contributed by atoms with van der Waals surface area (Å²) in [5.41, 5.74) is 2.26. The van der Waals surface area contributed by atoms with E-state index in [4.69, 9.17) is 10.00 Å². The Hall–Kier alpha value is -1.80. The van der Waals surface area contributed by atoms with Gasteiger partial charge in [-0.2, -0.15) is 5.26 Å². The van der Waals surface area contributed by atoms with Gasteiger partial charge >= 0.3 is 5.97 Å². The molecule has 0 fully saturated rings. The number of H-pyrrole nitrogens is 1. The molecule has 15 heavy (non-hydrogen) atoms. The number of esters is 1. The first kappa shape index (κ1) is 9.74. The molecule has 0 aliphatic carbocycles. The molecule has 5 heteroatoms. The largest absolute Gasteiger partial charge is 0.464 e. The second kappa shape index (κ2) is 3.75. The van der Waals surface area contributed by atoms with E-state index < -0.39 is 5.97 Å². The van der Waals surface area contributed by atoms with Crippen LogP contribution in [0.3, 0.4) is 0 Å². The quantitative estimate of drug-likeness (QED) is 0.688. The number of carbonyl (C=O) groups excluding carboxylic acids is 1. The van der Waals surface area contributed by atoms with Crippen LogP contribution in [0, 0.1) is 11.3 Å². The van der Waals surface area contributed by atoms with Gasteiger partial charge in [-0.15, -0.1) is 0 Å². The van der Waals surface area contributed by atoms with Crippen LogP contribution in [0.4, 0.5) is 0 Å². The molecule has 0 radical (unpaired) electrons. The Labute approximate surface area is 86.6 Å². The van der Waals surface area contributed by atoms with Crippen LogP contribution in [0.2, 0.25) is 0 Å². The van der Waals surface area contributed by atoms with Gasteiger partial charge < -0.3 is 14.5 Å². The number of ether oxygens (including phenoxy) is 2. The minimum Gasteiger partial charge on any atom is -0.464 e. The maximum absolute atomic E-state index is 11.4. The molecule has 1 N–H and O–H groups in total. The number of carbonyl (C=O) groups is 1. The number of aromatic nitrogens is 1. The second-order valence-electron chi connectivity index (χ2n) is 3.24. The summed E-state index contributed by atoms with van der Waals surface area (Å²) in [5.74, 6) is -0.513. The molecule has 0 saturated heterocycles. The topological polar surface area (TPSA) is 75.1 Å². The van der Waals surface area contributed by atoms with Crippen LogP contribution in [0.1, 0.15) is 27.3 Å². The van der Waals surface area contributed by atoms with E-state index in [1.807, 2.05) is 6.07 Å². The van der Waals surface area contributed by atoms with E-state index in [0.717, 1.165) is 11.3 Å². The number of rotatable bonds is 1. The summed E-state index contributed by atoms with van der Waals surface area (Å²) in [6, 6.07) is 2.01. The average Bonchev–Trinajstić information content (AvgIpc) is 2.66. The van der Waals surface area contributed by atoms with Gasteiger partial charge in [0.15, 0.2) is 0 Å². The zero-order chi connectivity index (χ0) is 10.8. The van der Waals surface area contributed by atoms with Crippen LogP contribution >= 0.6 is 0 Å². The minimum absolute atomic E-state index is 0.232. The molecular weight excluding hydrogens is 196 g/mol. The molecule has 0 aromatic carbocycles. The van der Waals surface area contributed by atoms with E-state index in [1.54, 1.807) is 0 Å². The first-order chi connectivity index (χ1) is 7.27. The zero-order valence-electron chi connectivity index (χ0n) is 8.29. The number of aromatic amines is 1. The van der Waals surface area contributed by atoms with Crippen molar-refractivity contribution >= 4 is 5.97 Å². The second-order valence-corrected chi connectivity index (χ2v) is 3.24. The van der Waals surface area contributed by atoms with Gasteiger partial charge in [-0.25, -0.2) is 4.79 Å². The molecule has 1 aromatic heterocycles. The van der Waals surface area contributed by atoms with Crippen molar-refractivity contribution in [2.75, 3.05) is 13.7 Å². The van der Waals surface area contributed by atoms with E-state index in [9.17, 15) is 4.79 Å². The van der Waals surface area contributed by atoms with E-state index in [0.29, 0.717) is 25.2 Å². The maximum atomic E-state index is 11.4. The summed E-state index contributed by atoms with van der Waals surface area (Å²) >= 11 is 0. The van der Waals surface area contributed by atoms with Crippen LogP contribution < -0.4 is 0 Å². The van der Waals surface area contributed by atoms with Crippen LogP contribution in [0.5, 0.6) is 0 Å². The van der Waals surface area contributed by atoms with Crippen molar-refractivity contribution in [3.8, 4) is 6.07 Å². The standard InChI is InChI=1S/C10H10N2O3/c1-14-10(13)9-6(4-11)7-5-15-3-2-8(7)12-9/h12H,2-3,5H2,1H3. The van der Waals surface area contributed by atoms with Crippen LogP contribution in [-0.2, 0) is 22.5 Å². The van der Waals surface area contributed by atoms with Crippen molar-refractivity contribution < 1.29 is 14.3 Å². The third-order valence-corrected chi connectivity index (χ3v) is 2.44. The van der Waals surface area contributed by atoms with Crippen LogP contribution in [-0.4, -0.2) is 24.7 Å². The molecule has 0 bridgehead atoms. The van der Waals surface area contributed by atoms with Gasteiger partial charge in [-0.1, -0.05) is 0 Å². The molecule has 2 heterocycles. The lowest BCUT2D eigenvalue weighted by Crippen LogP contribution is -2.08. The highest BCUT2D eigenvalue weighted by Crippen LogP contribution is 2.23. The van der Waals surface area contributed by atoms with Gasteiger partial charge in [-0.05, 0) is 0 Å². The number of nitriles is 1. The summed E-state index contributed by atoms with van der Waals surface area (Å²) in [4.78, 5) is 14.3. The highest BCUT2D eigenvalue weighted by atomic mass is 16.5. The molecule has 5 nitrogen and oxygen atoms in total. The summed E-state index contributed by atoms with van der Waals surface area (Å²) in [7, 11) is 1.29. The highest BCUT2D eigenvalue weighted by Gasteiger charge is 2.24. The Kier molecular flexibility index (Phi) is 2.44. The fourth-order valence-electron chi connectivity index (χ4n) is 1.69. The lowest BCUT2D eigenvalue weighted by molar-refractivity contribution is 0.0594. The van der Waals surface area contributed by atoms with Gasteiger partial charge in [0, 0.05) is 17.7 Å². The molecule has 2 rings (SSSR count). The minimum atomic E-state index is -0.513. The predicted molar refractivity (Wildman–Crippen MR) is 50.2 cm³/mol. The molecule has 0 atom stereocenters. The van der Waals surface area contributed by atoms with Crippen molar-refractivity contribution in [1.29, 1.82) is 5.26 Å². The lowest BCUT2D eigenvalue weighted by Gasteiger charge is -2.11. The number of nitrogens with one attached hydrogen (secondary N) is 1. The zero-order valence-corrected chi connectivity index (χ0v) is 8.29. The van der Waals surface area contributed by atoms with Gasteiger partial charge in [0.1, 0.15) is 11.8 Å². The number of hydrogen-bond donors (Lipinski definition) is 1. The summed E-state index contributed by atoms with van der Waals surface area (Å²) < 4.78 is 9.84. The molecule has 0 saturated carbocycles. The molecule has 1 aliphatic rings. The molecule has 0 spiro atoms. The van der Waals surface area contributed by atoms with Gasteiger partial charge in [-0.3, -0.25) is 0 Å². The number of fused-ring (bicyclic) bond motifs is 1. The molecular formula is C10H10N2O3. The molecule has 1 aromatic rings. The molecule has 0 amide bonds. The molecule has 78 valence electrons. The fraction of sp³-hybridized carbons (Fsp3) is 0.400. The molecule has 0 unspecified atom stereocenters. The maximum Gasteiger partial charge on any atom is 0.355 e. The van der Waals surface area contributed by atoms with E-state index in [2.05, 4.69) is 9.72 Å². The number of methoxy groups -OCH3 is 1. The highest BCUT2D eigenvalue weighted by molar-refractivity contribution is 5.91. The molecule has 1 aliphatic heterocycles. The van der Waals surface area contributed by atoms with Gasteiger partial charge in [0.05, 0.1) is 25.9 Å². The Morgan fingerprint density at radius 2 is 2.47 bits per heavy atom. The van der Waals surface area contributed by atoms with Gasteiger partial charge in [0.2, 0.25) is 0 Å². The van der Waals surface area contributed by atoms with Crippen LogP contribution in [0.25, 0.3) is 0 Å². The van der Waals surface area contributed by atoms with Crippen molar-refractivity contribution in [3.05, 3.63) is 22.5 Å². The van der Waals surface area contributed by atoms with E-state index in [-0.39, 0.29) is 5.69 Å². The monoisotopic (exact) mass is 206 g/mol. The van der Waals surface area contributed by atoms with Crippen molar-refractivity contribution in [3.63, 3.8) is 0 Å². The SMILES string of the molecule is COC(=O)c1[nH]c2c(c1C#N)COCC2. The Morgan fingerprint density at radius 1 is 1.67 bits per heavy atom. The van der Waals surface area contributed by atoms with Crippen molar-refractivity contribution in [2.45, 2.75) is 13.0 Å². The number of hydrogen-bond acceptors (Lipinski definition) is 4. The Balaban J connectivity index is 2.52. The lowest BCUT2D eigenvalue weighted by atomic mass is 10.1. The smallest absolute Gasteiger partial charge is 0.355 e. The third-order valence-electron chi connectivity index (χ3n) is 2.44. The Morgan fingerprint density at radius 3 is 3.13 bits per heavy atom.